The van der Waals surface area contributed by atoms with Crippen LogP contribution in [0.25, 0.3) is 0 Å². The molecule has 1 aromatic rings. The van der Waals surface area contributed by atoms with Gasteiger partial charge in [0.25, 0.3) is 0 Å². The average Bonchev–Trinajstić information content (AvgIpc) is 2.72. The zero-order chi connectivity index (χ0) is 23.9. The summed E-state index contributed by atoms with van der Waals surface area (Å²) in [4.78, 5) is 0. The fraction of sp³-hybridized carbons (Fsp3) is 0.667. The highest BCUT2D eigenvalue weighted by molar-refractivity contribution is 6.74. The van der Waals surface area contributed by atoms with Gasteiger partial charge in [-0.2, -0.15) is 0 Å². The van der Waals surface area contributed by atoms with Crippen LogP contribution in [0.1, 0.15) is 104 Å². The molecular weight excluding hydrogens is 404 g/mol. The molecule has 0 aliphatic heterocycles. The van der Waals surface area contributed by atoms with Gasteiger partial charge in [0, 0.05) is 6.61 Å². The van der Waals surface area contributed by atoms with E-state index < -0.39 is 8.32 Å². The Morgan fingerprint density at radius 3 is 2.00 bits per heavy atom. The molecule has 0 amide bonds. The Kier molecular flexibility index (Phi) is 14.2. The van der Waals surface area contributed by atoms with Crippen LogP contribution in [0.4, 0.5) is 0 Å². The van der Waals surface area contributed by atoms with Gasteiger partial charge in [0.1, 0.15) is 0 Å². The van der Waals surface area contributed by atoms with E-state index in [1.54, 1.807) is 0 Å². The van der Waals surface area contributed by atoms with Gasteiger partial charge in [-0.25, -0.2) is 0 Å². The highest BCUT2D eigenvalue weighted by Crippen LogP contribution is 2.36. The molecule has 2 heteroatoms. The fourth-order valence-corrected chi connectivity index (χ4v) is 4.84. The van der Waals surface area contributed by atoms with Crippen molar-refractivity contribution in [2.45, 2.75) is 123 Å². The van der Waals surface area contributed by atoms with Crippen molar-refractivity contribution in [2.75, 3.05) is 6.61 Å². The molecule has 32 heavy (non-hydrogen) atoms. The van der Waals surface area contributed by atoms with Gasteiger partial charge in [-0.1, -0.05) is 113 Å². The molecule has 0 aliphatic carbocycles. The normalized spacial score (nSPS) is 13.6. The molecule has 0 aliphatic rings. The van der Waals surface area contributed by atoms with Gasteiger partial charge in [0.15, 0.2) is 8.32 Å². The maximum absolute atomic E-state index is 6.28. The Balaban J connectivity index is 2.04. The third-order valence-corrected chi connectivity index (χ3v) is 11.5. The summed E-state index contributed by atoms with van der Waals surface area (Å²) < 4.78 is 6.28. The second kappa shape index (κ2) is 15.7. The van der Waals surface area contributed by atoms with Crippen molar-refractivity contribution in [3.8, 4) is 0 Å². The van der Waals surface area contributed by atoms with E-state index in [1.807, 2.05) is 0 Å². The topological polar surface area (TPSA) is 9.23 Å². The Bertz CT molecular complexity index is 664. The molecule has 0 saturated carbocycles. The van der Waals surface area contributed by atoms with Crippen LogP contribution in [0, 0.1) is 0 Å². The molecule has 0 radical (unpaired) electrons. The Morgan fingerprint density at radius 1 is 0.844 bits per heavy atom. The summed E-state index contributed by atoms with van der Waals surface area (Å²) in [7, 11) is -1.61. The molecule has 0 spiro atoms. The van der Waals surface area contributed by atoms with Crippen LogP contribution < -0.4 is 0 Å². The predicted octanol–water partition coefficient (Wildman–Crippen LogP) is 10.0. The summed E-state index contributed by atoms with van der Waals surface area (Å²) in [6, 6.07) is 10.9. The van der Waals surface area contributed by atoms with Crippen molar-refractivity contribution < 1.29 is 4.43 Å². The number of unbranched alkanes of at least 4 members (excludes halogenated alkanes) is 7. The Morgan fingerprint density at radius 2 is 1.41 bits per heavy atom. The SMILES string of the molecule is CC(=C\CCO[Si](C)(C)C(C)(C)C)/C=C(\C)CCCCCCCCCCc1ccccc1. The number of aryl methyl sites for hydroxylation is 1. The van der Waals surface area contributed by atoms with E-state index in [2.05, 4.69) is 90.2 Å². The molecule has 0 aromatic heterocycles. The number of allylic oxidation sites excluding steroid dienone is 3. The Labute approximate surface area is 201 Å². The summed E-state index contributed by atoms with van der Waals surface area (Å²) in [6.45, 7) is 17.0. The molecule has 0 heterocycles. The van der Waals surface area contributed by atoms with Crippen LogP contribution in [0.3, 0.4) is 0 Å². The summed E-state index contributed by atoms with van der Waals surface area (Å²) in [6.07, 6.45) is 19.2. The summed E-state index contributed by atoms with van der Waals surface area (Å²) in [5.74, 6) is 0. The number of hydrogen-bond donors (Lipinski definition) is 0. The molecule has 182 valence electrons. The van der Waals surface area contributed by atoms with Crippen LogP contribution in [0.15, 0.2) is 53.6 Å². The van der Waals surface area contributed by atoms with E-state index in [1.165, 1.54) is 80.9 Å². The van der Waals surface area contributed by atoms with Gasteiger partial charge in [-0.05, 0) is 69.6 Å². The number of rotatable bonds is 16. The lowest BCUT2D eigenvalue weighted by Gasteiger charge is -2.36. The highest BCUT2D eigenvalue weighted by Gasteiger charge is 2.36. The first-order valence-electron chi connectivity index (χ1n) is 13.1. The summed E-state index contributed by atoms with van der Waals surface area (Å²) in [5.41, 5.74) is 4.39. The van der Waals surface area contributed by atoms with Crippen molar-refractivity contribution in [1.82, 2.24) is 0 Å². The minimum atomic E-state index is -1.61. The predicted molar refractivity (Wildman–Crippen MR) is 147 cm³/mol. The second-order valence-corrected chi connectivity index (χ2v) is 16.0. The van der Waals surface area contributed by atoms with Crippen molar-refractivity contribution in [3.63, 3.8) is 0 Å². The van der Waals surface area contributed by atoms with Crippen LogP contribution in [0.2, 0.25) is 18.1 Å². The van der Waals surface area contributed by atoms with Crippen molar-refractivity contribution in [2.24, 2.45) is 0 Å². The van der Waals surface area contributed by atoms with E-state index in [-0.39, 0.29) is 0 Å². The second-order valence-electron chi connectivity index (χ2n) is 11.2. The molecule has 0 bridgehead atoms. The maximum atomic E-state index is 6.28. The van der Waals surface area contributed by atoms with Gasteiger partial charge in [0.05, 0.1) is 0 Å². The molecule has 0 atom stereocenters. The quantitative estimate of drug-likeness (QED) is 0.136. The maximum Gasteiger partial charge on any atom is 0.191 e. The third kappa shape index (κ3) is 13.4. The largest absolute Gasteiger partial charge is 0.417 e. The van der Waals surface area contributed by atoms with Crippen molar-refractivity contribution >= 4 is 8.32 Å². The molecule has 0 saturated heterocycles. The Hall–Kier alpha value is -1.12. The van der Waals surface area contributed by atoms with E-state index in [0.717, 1.165) is 13.0 Å². The van der Waals surface area contributed by atoms with Crippen LogP contribution in [0.5, 0.6) is 0 Å². The third-order valence-electron chi connectivity index (χ3n) is 6.96. The standard InChI is InChI=1S/C30H52OSi/c1-27(26-28(2)21-19-25-31-32(6,7)30(3,4)5)20-15-12-10-8-9-11-13-16-22-29-23-17-14-18-24-29/h14,17-18,21,23-24,26H,8-13,15-16,19-20,22,25H2,1-7H3/b27-26+,28-21+. The van der Waals surface area contributed by atoms with E-state index >= 15 is 0 Å². The van der Waals surface area contributed by atoms with E-state index in [4.69, 9.17) is 4.43 Å². The average molecular weight is 457 g/mol. The lowest BCUT2D eigenvalue weighted by molar-refractivity contribution is 0.294. The lowest BCUT2D eigenvalue weighted by Crippen LogP contribution is -2.40. The lowest BCUT2D eigenvalue weighted by atomic mass is 10.0. The van der Waals surface area contributed by atoms with Gasteiger partial charge in [-0.15, -0.1) is 0 Å². The van der Waals surface area contributed by atoms with Gasteiger partial charge < -0.3 is 4.43 Å². The van der Waals surface area contributed by atoms with Gasteiger partial charge >= 0.3 is 0 Å². The smallest absolute Gasteiger partial charge is 0.191 e. The van der Waals surface area contributed by atoms with E-state index in [0.29, 0.717) is 5.04 Å². The molecule has 0 unspecified atom stereocenters. The van der Waals surface area contributed by atoms with Gasteiger partial charge in [-0.3, -0.25) is 0 Å². The zero-order valence-electron chi connectivity index (χ0n) is 22.4. The highest BCUT2D eigenvalue weighted by atomic mass is 28.4. The fourth-order valence-electron chi connectivity index (χ4n) is 3.78. The molecular formula is C30H52OSi. The van der Waals surface area contributed by atoms with E-state index in [9.17, 15) is 0 Å². The first-order chi connectivity index (χ1) is 15.1. The van der Waals surface area contributed by atoms with Crippen molar-refractivity contribution in [3.05, 3.63) is 59.2 Å². The molecule has 0 N–H and O–H groups in total. The molecule has 1 nitrogen and oxygen atoms in total. The molecule has 1 rings (SSSR count). The first kappa shape index (κ1) is 28.9. The summed E-state index contributed by atoms with van der Waals surface area (Å²) in [5, 5.41) is 0.296. The first-order valence-corrected chi connectivity index (χ1v) is 16.0. The van der Waals surface area contributed by atoms with Crippen molar-refractivity contribution in [1.29, 1.82) is 0 Å². The number of benzene rings is 1. The zero-order valence-corrected chi connectivity index (χ0v) is 23.4. The molecule has 0 fully saturated rings. The minimum Gasteiger partial charge on any atom is -0.417 e. The summed E-state index contributed by atoms with van der Waals surface area (Å²) >= 11 is 0. The monoisotopic (exact) mass is 456 g/mol. The van der Waals surface area contributed by atoms with Crippen LogP contribution >= 0.6 is 0 Å². The van der Waals surface area contributed by atoms with Crippen LogP contribution in [-0.4, -0.2) is 14.9 Å². The number of hydrogen-bond acceptors (Lipinski definition) is 1. The minimum absolute atomic E-state index is 0.296. The molecule has 1 aromatic carbocycles. The van der Waals surface area contributed by atoms with Crippen LogP contribution in [-0.2, 0) is 10.8 Å². The van der Waals surface area contributed by atoms with Gasteiger partial charge in [0.2, 0.25) is 0 Å².